The lowest BCUT2D eigenvalue weighted by molar-refractivity contribution is 0.589. The van der Waals surface area contributed by atoms with Gasteiger partial charge in [-0.2, -0.15) is 5.26 Å². The summed E-state index contributed by atoms with van der Waals surface area (Å²) in [6.07, 6.45) is 3.20. The standard InChI is InChI=1S/C19H16N4O2/c1-12-8-13(16-4-2-3-5-17(16)21-12)10-23-18(24)14(9-20)11-22(19(23)25)15-6-7-15/h2-5,8,11,15H,6-7,10H2,1H3. The molecule has 3 aromatic rings. The van der Waals surface area contributed by atoms with Crippen LogP contribution in [0.1, 0.15) is 35.7 Å². The number of aryl methyl sites for hydroxylation is 1. The molecule has 0 amide bonds. The molecule has 2 aromatic heterocycles. The first-order chi connectivity index (χ1) is 12.1. The Labute approximate surface area is 143 Å². The summed E-state index contributed by atoms with van der Waals surface area (Å²) in [5.41, 5.74) is 1.60. The first kappa shape index (κ1) is 15.3. The van der Waals surface area contributed by atoms with Crippen LogP contribution in [0.15, 0.2) is 46.1 Å². The second-order valence-corrected chi connectivity index (χ2v) is 6.41. The molecule has 2 heterocycles. The number of hydrogen-bond donors (Lipinski definition) is 0. The van der Waals surface area contributed by atoms with Crippen LogP contribution < -0.4 is 11.2 Å². The fourth-order valence-electron chi connectivity index (χ4n) is 3.15. The van der Waals surface area contributed by atoms with E-state index in [0.717, 1.165) is 39.6 Å². The van der Waals surface area contributed by atoms with Crippen LogP contribution in [0.4, 0.5) is 0 Å². The maximum atomic E-state index is 12.8. The molecule has 1 aliphatic carbocycles. The maximum Gasteiger partial charge on any atom is 0.331 e. The van der Waals surface area contributed by atoms with Crippen molar-refractivity contribution in [2.75, 3.05) is 0 Å². The molecule has 1 saturated carbocycles. The van der Waals surface area contributed by atoms with Crippen LogP contribution in [0.5, 0.6) is 0 Å². The summed E-state index contributed by atoms with van der Waals surface area (Å²) in [7, 11) is 0. The van der Waals surface area contributed by atoms with E-state index in [0.29, 0.717) is 0 Å². The molecule has 0 N–H and O–H groups in total. The topological polar surface area (TPSA) is 80.7 Å². The molecule has 0 saturated heterocycles. The molecule has 1 aromatic carbocycles. The molecule has 0 bridgehead atoms. The molecule has 0 unspecified atom stereocenters. The van der Waals surface area contributed by atoms with E-state index in [4.69, 9.17) is 0 Å². The molecule has 4 rings (SSSR count). The van der Waals surface area contributed by atoms with E-state index in [9.17, 15) is 14.9 Å². The van der Waals surface area contributed by atoms with Gasteiger partial charge in [0.05, 0.1) is 12.1 Å². The first-order valence-corrected chi connectivity index (χ1v) is 8.20. The normalized spacial score (nSPS) is 13.8. The van der Waals surface area contributed by atoms with Crippen molar-refractivity contribution in [3.05, 3.63) is 74.2 Å². The molecular formula is C19H16N4O2. The third kappa shape index (κ3) is 2.64. The fraction of sp³-hybridized carbons (Fsp3) is 0.263. The smallest absolute Gasteiger partial charge is 0.296 e. The Hall–Kier alpha value is -3.20. The van der Waals surface area contributed by atoms with Crippen LogP contribution in [-0.4, -0.2) is 14.1 Å². The van der Waals surface area contributed by atoms with E-state index in [1.54, 1.807) is 0 Å². The van der Waals surface area contributed by atoms with Crippen molar-refractivity contribution in [2.24, 2.45) is 0 Å². The minimum atomic E-state index is -0.539. The lowest BCUT2D eigenvalue weighted by atomic mass is 10.1. The predicted molar refractivity (Wildman–Crippen MR) is 93.5 cm³/mol. The summed E-state index contributed by atoms with van der Waals surface area (Å²) in [5.74, 6) is 0. The van der Waals surface area contributed by atoms with Gasteiger partial charge in [0.1, 0.15) is 11.6 Å². The van der Waals surface area contributed by atoms with Gasteiger partial charge in [0.2, 0.25) is 0 Å². The van der Waals surface area contributed by atoms with Crippen LogP contribution >= 0.6 is 0 Å². The number of hydrogen-bond acceptors (Lipinski definition) is 4. The second-order valence-electron chi connectivity index (χ2n) is 6.41. The van der Waals surface area contributed by atoms with Crippen molar-refractivity contribution in [3.63, 3.8) is 0 Å². The van der Waals surface area contributed by atoms with Crippen LogP contribution in [-0.2, 0) is 6.54 Å². The molecule has 1 aliphatic rings. The van der Waals surface area contributed by atoms with Gasteiger partial charge >= 0.3 is 5.69 Å². The molecule has 0 aliphatic heterocycles. The van der Waals surface area contributed by atoms with E-state index in [-0.39, 0.29) is 23.8 Å². The lowest BCUT2D eigenvalue weighted by Crippen LogP contribution is -2.41. The Morgan fingerprint density at radius 1 is 1.28 bits per heavy atom. The molecule has 6 heteroatoms. The van der Waals surface area contributed by atoms with E-state index in [1.165, 1.54) is 10.8 Å². The highest BCUT2D eigenvalue weighted by Gasteiger charge is 2.27. The van der Waals surface area contributed by atoms with Crippen molar-refractivity contribution in [1.82, 2.24) is 14.1 Å². The van der Waals surface area contributed by atoms with Gasteiger partial charge in [0.25, 0.3) is 5.56 Å². The van der Waals surface area contributed by atoms with Gasteiger partial charge in [-0.3, -0.25) is 18.9 Å². The van der Waals surface area contributed by atoms with Gasteiger partial charge < -0.3 is 0 Å². The third-order valence-electron chi connectivity index (χ3n) is 4.51. The van der Waals surface area contributed by atoms with E-state index < -0.39 is 5.56 Å². The van der Waals surface area contributed by atoms with E-state index in [1.807, 2.05) is 43.3 Å². The number of para-hydroxylation sites is 1. The Kier molecular flexibility index (Phi) is 3.50. The summed E-state index contributed by atoms with van der Waals surface area (Å²) in [4.78, 5) is 29.8. The number of rotatable bonds is 3. The molecule has 0 atom stereocenters. The average Bonchev–Trinajstić information content (AvgIpc) is 3.43. The van der Waals surface area contributed by atoms with E-state index >= 15 is 0 Å². The van der Waals surface area contributed by atoms with Crippen molar-refractivity contribution in [3.8, 4) is 6.07 Å². The molecular weight excluding hydrogens is 316 g/mol. The van der Waals surface area contributed by atoms with Crippen LogP contribution in [0.25, 0.3) is 10.9 Å². The quantitative estimate of drug-likeness (QED) is 0.736. The maximum absolute atomic E-state index is 12.8. The van der Waals surface area contributed by atoms with Gasteiger partial charge in [-0.25, -0.2) is 4.79 Å². The summed E-state index contributed by atoms with van der Waals surface area (Å²) < 4.78 is 2.69. The highest BCUT2D eigenvalue weighted by Crippen LogP contribution is 2.33. The molecule has 6 nitrogen and oxygen atoms in total. The molecule has 1 fully saturated rings. The number of benzene rings is 1. The number of nitrogens with zero attached hydrogens (tertiary/aromatic N) is 4. The van der Waals surface area contributed by atoms with Gasteiger partial charge in [0, 0.05) is 23.3 Å². The zero-order valence-corrected chi connectivity index (χ0v) is 13.8. The lowest BCUT2D eigenvalue weighted by Gasteiger charge is -2.12. The van der Waals surface area contributed by atoms with Crippen LogP contribution in [0.3, 0.4) is 0 Å². The Balaban J connectivity index is 1.93. The largest absolute Gasteiger partial charge is 0.331 e. The van der Waals surface area contributed by atoms with Crippen molar-refractivity contribution >= 4 is 10.9 Å². The number of nitriles is 1. The van der Waals surface area contributed by atoms with E-state index in [2.05, 4.69) is 4.98 Å². The zero-order valence-electron chi connectivity index (χ0n) is 13.8. The van der Waals surface area contributed by atoms with Gasteiger partial charge in [-0.15, -0.1) is 0 Å². The number of fused-ring (bicyclic) bond motifs is 1. The van der Waals surface area contributed by atoms with Gasteiger partial charge in [0.15, 0.2) is 0 Å². The Bertz CT molecular complexity index is 1150. The first-order valence-electron chi connectivity index (χ1n) is 8.20. The number of aromatic nitrogens is 3. The summed E-state index contributed by atoms with van der Waals surface area (Å²) in [5, 5.41) is 10.2. The number of pyridine rings is 1. The molecule has 0 radical (unpaired) electrons. The molecule has 124 valence electrons. The average molecular weight is 332 g/mol. The Morgan fingerprint density at radius 3 is 2.76 bits per heavy atom. The third-order valence-corrected chi connectivity index (χ3v) is 4.51. The van der Waals surface area contributed by atoms with Crippen molar-refractivity contribution < 1.29 is 0 Å². The van der Waals surface area contributed by atoms with Crippen molar-refractivity contribution in [1.29, 1.82) is 5.26 Å². The predicted octanol–water partition coefficient (Wildman–Crippen LogP) is 2.12. The summed E-state index contributed by atoms with van der Waals surface area (Å²) >= 11 is 0. The SMILES string of the molecule is Cc1cc(Cn2c(=O)c(C#N)cn(C3CC3)c2=O)c2ccccc2n1. The Morgan fingerprint density at radius 2 is 2.04 bits per heavy atom. The van der Waals surface area contributed by atoms with Crippen LogP contribution in [0.2, 0.25) is 0 Å². The minimum absolute atomic E-state index is 0.00147. The summed E-state index contributed by atoms with van der Waals surface area (Å²) in [6.45, 7) is 2.01. The summed E-state index contributed by atoms with van der Waals surface area (Å²) in [6, 6.07) is 11.5. The van der Waals surface area contributed by atoms with Crippen LogP contribution in [0, 0.1) is 18.3 Å². The van der Waals surface area contributed by atoms with Crippen molar-refractivity contribution in [2.45, 2.75) is 32.4 Å². The zero-order chi connectivity index (χ0) is 17.6. The van der Waals surface area contributed by atoms with Gasteiger partial charge in [-0.1, -0.05) is 18.2 Å². The minimum Gasteiger partial charge on any atom is -0.296 e. The van der Waals surface area contributed by atoms with Gasteiger partial charge in [-0.05, 0) is 37.5 Å². The highest BCUT2D eigenvalue weighted by molar-refractivity contribution is 5.82. The monoisotopic (exact) mass is 332 g/mol. The molecule has 0 spiro atoms. The second kappa shape index (κ2) is 5.71. The molecule has 25 heavy (non-hydrogen) atoms. The highest BCUT2D eigenvalue weighted by atomic mass is 16.2. The fourth-order valence-corrected chi connectivity index (χ4v) is 3.15.